The van der Waals surface area contributed by atoms with Crippen molar-refractivity contribution in [2.45, 2.75) is 31.7 Å². The second kappa shape index (κ2) is 10.6. The fourth-order valence-electron chi connectivity index (χ4n) is 2.93. The molecule has 0 aliphatic carbocycles. The van der Waals surface area contributed by atoms with Crippen LogP contribution in [0.25, 0.3) is 0 Å². The van der Waals surface area contributed by atoms with E-state index in [2.05, 4.69) is 15.5 Å². The van der Waals surface area contributed by atoms with Gasteiger partial charge in [0, 0.05) is 30.4 Å². The number of amides is 1. The van der Waals surface area contributed by atoms with Crippen LogP contribution in [0.4, 0.5) is 11.4 Å². The second-order valence-electron chi connectivity index (χ2n) is 6.66. The summed E-state index contributed by atoms with van der Waals surface area (Å²) in [6.45, 7) is 4.46. The summed E-state index contributed by atoms with van der Waals surface area (Å²) >= 11 is 1.25. The number of methoxy groups -OCH3 is 1. The first-order chi connectivity index (χ1) is 15.4. The minimum absolute atomic E-state index is 0.0359. The van der Waals surface area contributed by atoms with Crippen LogP contribution in [-0.4, -0.2) is 38.5 Å². The van der Waals surface area contributed by atoms with E-state index >= 15 is 0 Å². The first kappa shape index (κ1) is 23.1. The van der Waals surface area contributed by atoms with Crippen molar-refractivity contribution in [1.82, 2.24) is 14.8 Å². The van der Waals surface area contributed by atoms with Gasteiger partial charge in [-0.1, -0.05) is 17.8 Å². The molecule has 32 heavy (non-hydrogen) atoms. The van der Waals surface area contributed by atoms with Crippen LogP contribution in [0.5, 0.6) is 11.5 Å². The highest BCUT2D eigenvalue weighted by atomic mass is 32.2. The molecule has 1 aromatic heterocycles. The number of carbonyl (C=O) groups excluding carboxylic acids is 1. The van der Waals surface area contributed by atoms with Gasteiger partial charge in [0.05, 0.1) is 17.8 Å². The standard InChI is InChI=1S/C21H23N5O5S/c1-4-25-20(14(2)31-18-7-5-6-17(12-18)30-3)23-24-21(25)32-13-19(27)22-15-8-10-16(11-9-15)26(28)29/h5-12,14H,4,13H2,1-3H3,(H,22,27). The predicted molar refractivity (Wildman–Crippen MR) is 120 cm³/mol. The van der Waals surface area contributed by atoms with Crippen molar-refractivity contribution >= 4 is 29.0 Å². The summed E-state index contributed by atoms with van der Waals surface area (Å²) in [5, 5.41) is 22.5. The lowest BCUT2D eigenvalue weighted by molar-refractivity contribution is -0.384. The maximum Gasteiger partial charge on any atom is 0.269 e. The second-order valence-corrected chi connectivity index (χ2v) is 7.61. The molecule has 1 unspecified atom stereocenters. The number of nitrogens with zero attached hydrogens (tertiary/aromatic N) is 4. The number of thioether (sulfide) groups is 1. The molecule has 11 heteroatoms. The third-order valence-electron chi connectivity index (χ3n) is 4.47. The van der Waals surface area contributed by atoms with Crippen molar-refractivity contribution in [3.8, 4) is 11.5 Å². The fourth-order valence-corrected chi connectivity index (χ4v) is 3.74. The van der Waals surface area contributed by atoms with Crippen LogP contribution in [0.3, 0.4) is 0 Å². The van der Waals surface area contributed by atoms with Crippen LogP contribution in [-0.2, 0) is 11.3 Å². The lowest BCUT2D eigenvalue weighted by Gasteiger charge is -2.16. The number of aromatic nitrogens is 3. The third kappa shape index (κ3) is 5.76. The molecular formula is C21H23N5O5S. The number of carbonyl (C=O) groups is 1. The highest BCUT2D eigenvalue weighted by Crippen LogP contribution is 2.27. The van der Waals surface area contributed by atoms with Gasteiger partial charge in [-0.25, -0.2) is 0 Å². The number of benzene rings is 2. The zero-order chi connectivity index (χ0) is 23.1. The number of hydrogen-bond donors (Lipinski definition) is 1. The highest BCUT2D eigenvalue weighted by molar-refractivity contribution is 7.99. The number of anilines is 1. The molecule has 0 aliphatic rings. The number of nitro groups is 1. The molecule has 3 rings (SSSR count). The number of nitrogens with one attached hydrogen (secondary N) is 1. The van der Waals surface area contributed by atoms with Crippen molar-refractivity contribution < 1.29 is 19.2 Å². The average molecular weight is 458 g/mol. The Balaban J connectivity index is 1.61. The summed E-state index contributed by atoms with van der Waals surface area (Å²) < 4.78 is 13.1. The quantitative estimate of drug-likeness (QED) is 0.274. The summed E-state index contributed by atoms with van der Waals surface area (Å²) in [4.78, 5) is 22.5. The Kier molecular flexibility index (Phi) is 7.66. The first-order valence-electron chi connectivity index (χ1n) is 9.82. The van der Waals surface area contributed by atoms with E-state index in [1.807, 2.05) is 36.6 Å². The van der Waals surface area contributed by atoms with E-state index in [0.29, 0.717) is 34.7 Å². The van der Waals surface area contributed by atoms with Gasteiger partial charge in [-0.15, -0.1) is 10.2 Å². The minimum Gasteiger partial charge on any atom is -0.497 e. The van der Waals surface area contributed by atoms with Gasteiger partial charge in [0.2, 0.25) is 5.91 Å². The van der Waals surface area contributed by atoms with Gasteiger partial charge in [0.15, 0.2) is 17.1 Å². The van der Waals surface area contributed by atoms with E-state index in [-0.39, 0.29) is 23.5 Å². The van der Waals surface area contributed by atoms with E-state index in [0.717, 1.165) is 0 Å². The molecule has 0 saturated heterocycles. The lowest BCUT2D eigenvalue weighted by Crippen LogP contribution is -2.15. The number of hydrogen-bond acceptors (Lipinski definition) is 8. The molecule has 1 heterocycles. The molecule has 10 nitrogen and oxygen atoms in total. The van der Waals surface area contributed by atoms with Crippen LogP contribution in [0, 0.1) is 10.1 Å². The molecule has 0 fully saturated rings. The zero-order valence-corrected chi connectivity index (χ0v) is 18.7. The van der Waals surface area contributed by atoms with Gasteiger partial charge in [-0.05, 0) is 38.1 Å². The third-order valence-corrected chi connectivity index (χ3v) is 5.44. The molecule has 0 bridgehead atoms. The van der Waals surface area contributed by atoms with E-state index in [1.165, 1.54) is 36.0 Å². The molecule has 1 amide bonds. The van der Waals surface area contributed by atoms with Gasteiger partial charge in [-0.2, -0.15) is 0 Å². The van der Waals surface area contributed by atoms with Crippen LogP contribution in [0.2, 0.25) is 0 Å². The van der Waals surface area contributed by atoms with Crippen molar-refractivity contribution in [2.75, 3.05) is 18.2 Å². The van der Waals surface area contributed by atoms with Gasteiger partial charge in [-0.3, -0.25) is 14.9 Å². The molecule has 0 saturated carbocycles. The van der Waals surface area contributed by atoms with Crippen LogP contribution >= 0.6 is 11.8 Å². The molecule has 0 aliphatic heterocycles. The lowest BCUT2D eigenvalue weighted by atomic mass is 10.3. The number of ether oxygens (including phenoxy) is 2. The van der Waals surface area contributed by atoms with Crippen molar-refractivity contribution in [3.05, 3.63) is 64.5 Å². The maximum absolute atomic E-state index is 12.3. The normalized spacial score (nSPS) is 11.6. The van der Waals surface area contributed by atoms with Gasteiger partial charge in [0.1, 0.15) is 11.5 Å². The Morgan fingerprint density at radius 1 is 1.22 bits per heavy atom. The van der Waals surface area contributed by atoms with E-state index < -0.39 is 4.92 Å². The van der Waals surface area contributed by atoms with Crippen molar-refractivity contribution in [3.63, 3.8) is 0 Å². The Morgan fingerprint density at radius 2 is 1.94 bits per heavy atom. The number of non-ortho nitro benzene ring substituents is 1. The molecular weight excluding hydrogens is 434 g/mol. The minimum atomic E-state index is -0.490. The van der Waals surface area contributed by atoms with E-state index in [4.69, 9.17) is 9.47 Å². The maximum atomic E-state index is 12.3. The molecule has 168 valence electrons. The Hall–Kier alpha value is -3.60. The van der Waals surface area contributed by atoms with Crippen molar-refractivity contribution in [1.29, 1.82) is 0 Å². The summed E-state index contributed by atoms with van der Waals surface area (Å²) in [7, 11) is 1.59. The van der Waals surface area contributed by atoms with Crippen LogP contribution in [0.15, 0.2) is 53.7 Å². The van der Waals surface area contributed by atoms with E-state index in [1.54, 1.807) is 13.2 Å². The van der Waals surface area contributed by atoms with Gasteiger partial charge in [0.25, 0.3) is 5.69 Å². The van der Waals surface area contributed by atoms with Crippen LogP contribution in [0.1, 0.15) is 25.8 Å². The summed E-state index contributed by atoms with van der Waals surface area (Å²) in [5.74, 6) is 1.85. The zero-order valence-electron chi connectivity index (χ0n) is 17.8. The Morgan fingerprint density at radius 3 is 2.59 bits per heavy atom. The van der Waals surface area contributed by atoms with Gasteiger partial charge < -0.3 is 19.4 Å². The molecule has 0 radical (unpaired) electrons. The van der Waals surface area contributed by atoms with Gasteiger partial charge >= 0.3 is 0 Å². The Bertz CT molecular complexity index is 1090. The number of nitro benzene ring substituents is 1. The molecule has 0 spiro atoms. The highest BCUT2D eigenvalue weighted by Gasteiger charge is 2.19. The monoisotopic (exact) mass is 457 g/mol. The summed E-state index contributed by atoms with van der Waals surface area (Å²) in [5.41, 5.74) is 0.449. The summed E-state index contributed by atoms with van der Waals surface area (Å²) in [6, 6.07) is 13.0. The fraction of sp³-hybridized carbons (Fsp3) is 0.286. The molecule has 1 atom stereocenters. The molecule has 2 aromatic carbocycles. The average Bonchev–Trinajstić information content (AvgIpc) is 3.21. The van der Waals surface area contributed by atoms with E-state index in [9.17, 15) is 14.9 Å². The summed E-state index contributed by atoms with van der Waals surface area (Å²) in [6.07, 6.45) is -0.363. The predicted octanol–water partition coefficient (Wildman–Crippen LogP) is 4.09. The smallest absolute Gasteiger partial charge is 0.269 e. The Labute approximate surface area is 189 Å². The first-order valence-corrected chi connectivity index (χ1v) is 10.8. The van der Waals surface area contributed by atoms with Crippen LogP contribution < -0.4 is 14.8 Å². The number of rotatable bonds is 10. The van der Waals surface area contributed by atoms with Crippen molar-refractivity contribution in [2.24, 2.45) is 0 Å². The SMILES string of the molecule is CCn1c(SCC(=O)Nc2ccc([N+](=O)[O-])cc2)nnc1C(C)Oc1cccc(OC)c1. The molecule has 3 aromatic rings. The largest absolute Gasteiger partial charge is 0.497 e. The topological polar surface area (TPSA) is 121 Å². The molecule has 1 N–H and O–H groups in total.